The molecular weight excluding hydrogens is 284 g/mol. The highest BCUT2D eigenvalue weighted by Gasteiger charge is 2.27. The summed E-state index contributed by atoms with van der Waals surface area (Å²) in [6.45, 7) is 5.44. The molecule has 1 aromatic rings. The van der Waals surface area contributed by atoms with E-state index in [1.54, 1.807) is 11.8 Å². The number of carbonyl (C=O) groups excluding carboxylic acids is 2. The topological polar surface area (TPSA) is 63.4 Å². The Morgan fingerprint density at radius 2 is 1.86 bits per heavy atom. The Balaban J connectivity index is 2.09. The molecule has 1 saturated heterocycles. The van der Waals surface area contributed by atoms with Crippen LogP contribution in [0.15, 0.2) is 29.2 Å². The monoisotopic (exact) mass is 306 g/mol. The van der Waals surface area contributed by atoms with Crippen LogP contribution in [0.5, 0.6) is 0 Å². The maximum atomic E-state index is 12.7. The highest BCUT2D eigenvalue weighted by atomic mass is 32.2. The molecule has 1 heterocycles. The maximum Gasteiger partial charge on any atom is 0.254 e. The van der Waals surface area contributed by atoms with Gasteiger partial charge in [0.15, 0.2) is 0 Å². The van der Waals surface area contributed by atoms with E-state index >= 15 is 0 Å². The Bertz CT molecular complexity index is 523. The molecule has 1 aliphatic heterocycles. The molecule has 2 N–H and O–H groups in total. The first kappa shape index (κ1) is 15.9. The van der Waals surface area contributed by atoms with Crippen molar-refractivity contribution in [2.45, 2.75) is 36.8 Å². The Morgan fingerprint density at radius 3 is 2.43 bits per heavy atom. The molecule has 1 aromatic carbocycles. The van der Waals surface area contributed by atoms with Crippen LogP contribution in [0.4, 0.5) is 0 Å². The zero-order chi connectivity index (χ0) is 15.4. The molecular formula is C16H22N2O2S. The highest BCUT2D eigenvalue weighted by Crippen LogP contribution is 2.28. The third-order valence-corrected chi connectivity index (χ3v) is 4.75. The van der Waals surface area contributed by atoms with Gasteiger partial charge in [0.05, 0.1) is 5.56 Å². The third-order valence-electron chi connectivity index (χ3n) is 3.66. The molecule has 2 amide bonds. The van der Waals surface area contributed by atoms with E-state index in [9.17, 15) is 9.59 Å². The second-order valence-corrected chi connectivity index (χ2v) is 7.25. The molecule has 0 unspecified atom stereocenters. The van der Waals surface area contributed by atoms with Gasteiger partial charge < -0.3 is 10.6 Å². The summed E-state index contributed by atoms with van der Waals surface area (Å²) in [6, 6.07) is 7.73. The molecule has 0 saturated carbocycles. The molecule has 2 rings (SSSR count). The number of carbonyl (C=O) groups is 2. The van der Waals surface area contributed by atoms with Crippen molar-refractivity contribution in [3.05, 3.63) is 29.8 Å². The standard InChI is InChI=1S/C16H22N2O2S/c1-11(2)21-14-6-4-3-5-13(14)16(20)18-9-7-12(8-10-18)15(17)19/h3-6,11-12H,7-10H2,1-2H3,(H2,17,19). The lowest BCUT2D eigenvalue weighted by molar-refractivity contribution is -0.123. The highest BCUT2D eigenvalue weighted by molar-refractivity contribution is 8.00. The molecule has 0 aromatic heterocycles. The quantitative estimate of drug-likeness (QED) is 0.869. The summed E-state index contributed by atoms with van der Waals surface area (Å²) in [6.07, 6.45) is 1.33. The average Bonchev–Trinajstić information content (AvgIpc) is 2.46. The summed E-state index contributed by atoms with van der Waals surface area (Å²) in [7, 11) is 0. The number of hydrogen-bond acceptors (Lipinski definition) is 3. The van der Waals surface area contributed by atoms with Gasteiger partial charge in [0.2, 0.25) is 5.91 Å². The van der Waals surface area contributed by atoms with Gasteiger partial charge in [-0.05, 0) is 25.0 Å². The molecule has 0 radical (unpaired) electrons. The number of amides is 2. The lowest BCUT2D eigenvalue weighted by Gasteiger charge is -2.31. The number of likely N-dealkylation sites (tertiary alicyclic amines) is 1. The lowest BCUT2D eigenvalue weighted by atomic mass is 9.96. The van der Waals surface area contributed by atoms with E-state index in [-0.39, 0.29) is 17.7 Å². The molecule has 1 aliphatic rings. The summed E-state index contributed by atoms with van der Waals surface area (Å²) in [5.41, 5.74) is 6.09. The molecule has 114 valence electrons. The minimum absolute atomic E-state index is 0.0571. The van der Waals surface area contributed by atoms with Gasteiger partial charge in [-0.1, -0.05) is 26.0 Å². The van der Waals surface area contributed by atoms with Crippen molar-refractivity contribution in [3.63, 3.8) is 0 Å². The lowest BCUT2D eigenvalue weighted by Crippen LogP contribution is -2.41. The summed E-state index contributed by atoms with van der Waals surface area (Å²) < 4.78 is 0. The van der Waals surface area contributed by atoms with E-state index < -0.39 is 0 Å². The van der Waals surface area contributed by atoms with Crippen LogP contribution in [-0.4, -0.2) is 35.1 Å². The average molecular weight is 306 g/mol. The van der Waals surface area contributed by atoms with Crippen molar-refractivity contribution in [1.82, 2.24) is 4.90 Å². The van der Waals surface area contributed by atoms with Gasteiger partial charge in [-0.2, -0.15) is 0 Å². The summed E-state index contributed by atoms with van der Waals surface area (Å²) in [4.78, 5) is 26.7. The van der Waals surface area contributed by atoms with E-state index in [1.165, 1.54) is 0 Å². The number of hydrogen-bond donors (Lipinski definition) is 1. The van der Waals surface area contributed by atoms with Crippen LogP contribution in [0.25, 0.3) is 0 Å². The molecule has 4 nitrogen and oxygen atoms in total. The number of piperidine rings is 1. The Kier molecular flexibility index (Phi) is 5.28. The van der Waals surface area contributed by atoms with E-state index in [0.717, 1.165) is 10.5 Å². The predicted octanol–water partition coefficient (Wildman–Crippen LogP) is 2.52. The van der Waals surface area contributed by atoms with Gasteiger partial charge in [-0.15, -0.1) is 11.8 Å². The Hall–Kier alpha value is -1.49. The van der Waals surface area contributed by atoms with Crippen LogP contribution in [-0.2, 0) is 4.79 Å². The second-order valence-electron chi connectivity index (χ2n) is 5.63. The number of benzene rings is 1. The van der Waals surface area contributed by atoms with Gasteiger partial charge >= 0.3 is 0 Å². The molecule has 0 aliphatic carbocycles. The van der Waals surface area contributed by atoms with Crippen molar-refractivity contribution in [2.75, 3.05) is 13.1 Å². The SMILES string of the molecule is CC(C)Sc1ccccc1C(=O)N1CCC(C(N)=O)CC1. The molecule has 0 spiro atoms. The number of nitrogens with two attached hydrogens (primary N) is 1. The van der Waals surface area contributed by atoms with Crippen molar-refractivity contribution >= 4 is 23.6 Å². The van der Waals surface area contributed by atoms with Gasteiger partial charge in [0.1, 0.15) is 0 Å². The zero-order valence-corrected chi connectivity index (χ0v) is 13.4. The van der Waals surface area contributed by atoms with Gasteiger partial charge in [-0.3, -0.25) is 9.59 Å². The van der Waals surface area contributed by atoms with E-state index in [2.05, 4.69) is 13.8 Å². The van der Waals surface area contributed by atoms with Gasteiger partial charge in [0, 0.05) is 29.2 Å². The van der Waals surface area contributed by atoms with Gasteiger partial charge in [-0.25, -0.2) is 0 Å². The van der Waals surface area contributed by atoms with Crippen LogP contribution in [0, 0.1) is 5.92 Å². The van der Waals surface area contributed by atoms with Crippen LogP contribution < -0.4 is 5.73 Å². The minimum Gasteiger partial charge on any atom is -0.369 e. The summed E-state index contributed by atoms with van der Waals surface area (Å²) in [5, 5.41) is 0.430. The number of rotatable bonds is 4. The smallest absolute Gasteiger partial charge is 0.254 e. The molecule has 5 heteroatoms. The summed E-state index contributed by atoms with van der Waals surface area (Å²) in [5.74, 6) is -0.283. The van der Waals surface area contributed by atoms with Crippen molar-refractivity contribution in [3.8, 4) is 0 Å². The van der Waals surface area contributed by atoms with E-state index in [1.807, 2.05) is 29.2 Å². The Morgan fingerprint density at radius 1 is 1.24 bits per heavy atom. The predicted molar refractivity (Wildman–Crippen MR) is 85.3 cm³/mol. The van der Waals surface area contributed by atoms with Crippen LogP contribution in [0.2, 0.25) is 0 Å². The first-order chi connectivity index (χ1) is 9.99. The molecule has 0 atom stereocenters. The van der Waals surface area contributed by atoms with Crippen molar-refractivity contribution in [1.29, 1.82) is 0 Å². The first-order valence-corrected chi connectivity index (χ1v) is 8.21. The fourth-order valence-electron chi connectivity index (χ4n) is 2.54. The zero-order valence-electron chi connectivity index (χ0n) is 12.5. The minimum atomic E-state index is -0.252. The Labute approximate surface area is 130 Å². The second kappa shape index (κ2) is 6.98. The fraction of sp³-hybridized carbons (Fsp3) is 0.500. The maximum absolute atomic E-state index is 12.7. The van der Waals surface area contributed by atoms with Crippen molar-refractivity contribution < 1.29 is 9.59 Å². The molecule has 1 fully saturated rings. The third kappa shape index (κ3) is 4.00. The van der Waals surface area contributed by atoms with Crippen LogP contribution >= 0.6 is 11.8 Å². The van der Waals surface area contributed by atoms with Gasteiger partial charge in [0.25, 0.3) is 5.91 Å². The normalized spacial score (nSPS) is 16.2. The number of nitrogens with zero attached hydrogens (tertiary/aromatic N) is 1. The molecule has 21 heavy (non-hydrogen) atoms. The largest absolute Gasteiger partial charge is 0.369 e. The van der Waals surface area contributed by atoms with Crippen LogP contribution in [0.3, 0.4) is 0 Å². The molecule has 0 bridgehead atoms. The van der Waals surface area contributed by atoms with E-state index in [0.29, 0.717) is 31.2 Å². The van der Waals surface area contributed by atoms with E-state index in [4.69, 9.17) is 5.73 Å². The van der Waals surface area contributed by atoms with Crippen molar-refractivity contribution in [2.24, 2.45) is 11.7 Å². The number of primary amides is 1. The van der Waals surface area contributed by atoms with Crippen LogP contribution in [0.1, 0.15) is 37.0 Å². The number of thioether (sulfide) groups is 1. The fourth-order valence-corrected chi connectivity index (χ4v) is 3.48. The first-order valence-electron chi connectivity index (χ1n) is 7.33. The summed E-state index contributed by atoms with van der Waals surface area (Å²) >= 11 is 1.70.